The highest BCUT2D eigenvalue weighted by Crippen LogP contribution is 2.29. The van der Waals surface area contributed by atoms with E-state index in [1.54, 1.807) is 24.4 Å². The molecule has 25 heavy (non-hydrogen) atoms. The standard InChI is InChI=1S/C15H10F3N5OS/c16-15(17,18)9-4-6-10(7-5-9)20-13(24)22-14-21-12(23-25-14)11-3-1-2-8-19-11/h1-8H,(H2,20,21,22,23,24). The average Bonchev–Trinajstić information content (AvgIpc) is 3.03. The Kier molecular flexibility index (Phi) is 4.61. The number of alkyl halides is 3. The molecule has 2 N–H and O–H groups in total. The van der Waals surface area contributed by atoms with Crippen molar-refractivity contribution in [3.8, 4) is 11.5 Å². The highest BCUT2D eigenvalue weighted by Gasteiger charge is 2.29. The first kappa shape index (κ1) is 16.8. The lowest BCUT2D eigenvalue weighted by Crippen LogP contribution is -2.19. The molecule has 0 radical (unpaired) electrons. The molecule has 0 unspecified atom stereocenters. The quantitative estimate of drug-likeness (QED) is 0.727. The summed E-state index contributed by atoms with van der Waals surface area (Å²) in [5.74, 6) is 0.371. The number of anilines is 2. The predicted molar refractivity (Wildman–Crippen MR) is 87.2 cm³/mol. The summed E-state index contributed by atoms with van der Waals surface area (Å²) in [5, 5.41) is 5.14. The molecule has 0 fully saturated rings. The zero-order valence-corrected chi connectivity index (χ0v) is 13.2. The van der Waals surface area contributed by atoms with Crippen molar-refractivity contribution in [1.82, 2.24) is 14.3 Å². The molecular formula is C15H10F3N5OS. The third kappa shape index (κ3) is 4.29. The number of rotatable bonds is 3. The SMILES string of the molecule is O=C(Nc1ccc(C(F)(F)F)cc1)Nc1nc(-c2ccccn2)ns1. The fourth-order valence-corrected chi connectivity index (χ4v) is 2.45. The Hall–Kier alpha value is -3.01. The Labute approximate surface area is 143 Å². The van der Waals surface area contributed by atoms with Crippen LogP contribution in [0.5, 0.6) is 0 Å². The maximum atomic E-state index is 12.5. The Morgan fingerprint density at radius 2 is 1.80 bits per heavy atom. The monoisotopic (exact) mass is 365 g/mol. The fraction of sp³-hybridized carbons (Fsp3) is 0.0667. The summed E-state index contributed by atoms with van der Waals surface area (Å²) in [5.41, 5.74) is -0.00232. The van der Waals surface area contributed by atoms with Crippen LogP contribution in [0, 0.1) is 0 Å². The fourth-order valence-electron chi connectivity index (χ4n) is 1.88. The van der Waals surface area contributed by atoms with E-state index in [9.17, 15) is 18.0 Å². The Balaban J connectivity index is 1.62. The lowest BCUT2D eigenvalue weighted by atomic mass is 10.2. The van der Waals surface area contributed by atoms with Gasteiger partial charge in [-0.2, -0.15) is 22.5 Å². The predicted octanol–water partition coefficient (Wildman–Crippen LogP) is 4.26. The average molecular weight is 365 g/mol. The minimum absolute atomic E-state index is 0.222. The zero-order valence-electron chi connectivity index (χ0n) is 12.4. The highest BCUT2D eigenvalue weighted by molar-refractivity contribution is 7.10. The summed E-state index contributed by atoms with van der Waals surface area (Å²) in [6, 6.07) is 8.75. The molecule has 0 saturated carbocycles. The van der Waals surface area contributed by atoms with Crippen LogP contribution in [-0.4, -0.2) is 20.4 Å². The molecule has 0 aliphatic rings. The van der Waals surface area contributed by atoms with E-state index in [2.05, 4.69) is 25.0 Å². The number of urea groups is 1. The van der Waals surface area contributed by atoms with Gasteiger partial charge in [0.05, 0.1) is 5.56 Å². The molecule has 2 aromatic heterocycles. The molecule has 0 spiro atoms. The first-order chi connectivity index (χ1) is 11.9. The van der Waals surface area contributed by atoms with E-state index < -0.39 is 17.8 Å². The van der Waals surface area contributed by atoms with Gasteiger partial charge in [0.15, 0.2) is 5.82 Å². The van der Waals surface area contributed by atoms with Gasteiger partial charge in [-0.05, 0) is 36.4 Å². The van der Waals surface area contributed by atoms with Crippen molar-refractivity contribution in [2.75, 3.05) is 10.6 Å². The number of pyridine rings is 1. The number of amides is 2. The van der Waals surface area contributed by atoms with Crippen molar-refractivity contribution in [3.05, 3.63) is 54.2 Å². The zero-order chi connectivity index (χ0) is 17.9. The minimum Gasteiger partial charge on any atom is -0.308 e. The van der Waals surface area contributed by atoms with Gasteiger partial charge in [0.1, 0.15) is 5.69 Å². The maximum Gasteiger partial charge on any atom is 0.416 e. The van der Waals surface area contributed by atoms with Crippen LogP contribution in [0.15, 0.2) is 48.7 Å². The van der Waals surface area contributed by atoms with Gasteiger partial charge < -0.3 is 5.32 Å². The van der Waals surface area contributed by atoms with Crippen LogP contribution >= 0.6 is 11.5 Å². The van der Waals surface area contributed by atoms with E-state index in [0.29, 0.717) is 11.5 Å². The van der Waals surface area contributed by atoms with Gasteiger partial charge in [0.2, 0.25) is 5.13 Å². The number of benzene rings is 1. The second-order valence-electron chi connectivity index (χ2n) is 4.79. The molecule has 2 heterocycles. The first-order valence-corrected chi connectivity index (χ1v) is 7.69. The number of hydrogen-bond acceptors (Lipinski definition) is 5. The van der Waals surface area contributed by atoms with Crippen molar-refractivity contribution in [2.24, 2.45) is 0 Å². The van der Waals surface area contributed by atoms with Gasteiger partial charge in [-0.15, -0.1) is 0 Å². The van der Waals surface area contributed by atoms with Crippen LogP contribution in [0.4, 0.5) is 28.8 Å². The minimum atomic E-state index is -4.42. The van der Waals surface area contributed by atoms with E-state index >= 15 is 0 Å². The van der Waals surface area contributed by atoms with Crippen LogP contribution in [0.25, 0.3) is 11.5 Å². The summed E-state index contributed by atoms with van der Waals surface area (Å²) in [4.78, 5) is 20.1. The van der Waals surface area contributed by atoms with Crippen molar-refractivity contribution in [2.45, 2.75) is 6.18 Å². The second kappa shape index (κ2) is 6.85. The van der Waals surface area contributed by atoms with Crippen LogP contribution in [0.3, 0.4) is 0 Å². The summed E-state index contributed by atoms with van der Waals surface area (Å²) < 4.78 is 41.6. The molecule has 0 atom stereocenters. The van der Waals surface area contributed by atoms with E-state index in [1.807, 2.05) is 0 Å². The number of aromatic nitrogens is 3. The molecule has 128 valence electrons. The van der Waals surface area contributed by atoms with Gasteiger partial charge in [0.25, 0.3) is 0 Å². The molecule has 0 bridgehead atoms. The molecule has 6 nitrogen and oxygen atoms in total. The molecule has 0 aliphatic carbocycles. The molecular weight excluding hydrogens is 355 g/mol. The van der Waals surface area contributed by atoms with E-state index in [-0.39, 0.29) is 10.8 Å². The van der Waals surface area contributed by atoms with Crippen LogP contribution in [-0.2, 0) is 6.18 Å². The summed E-state index contributed by atoms with van der Waals surface area (Å²) in [6.07, 6.45) is -2.82. The lowest BCUT2D eigenvalue weighted by Gasteiger charge is -2.08. The normalized spacial score (nSPS) is 11.2. The number of hydrogen-bond donors (Lipinski definition) is 2. The van der Waals surface area contributed by atoms with E-state index in [0.717, 1.165) is 23.7 Å². The molecule has 2 amide bonds. The van der Waals surface area contributed by atoms with Crippen molar-refractivity contribution >= 4 is 28.4 Å². The largest absolute Gasteiger partial charge is 0.416 e. The van der Waals surface area contributed by atoms with Gasteiger partial charge in [-0.1, -0.05) is 6.07 Å². The molecule has 3 rings (SSSR count). The number of nitrogens with zero attached hydrogens (tertiary/aromatic N) is 3. The van der Waals surface area contributed by atoms with Gasteiger partial charge in [-0.3, -0.25) is 10.3 Å². The number of nitrogens with one attached hydrogen (secondary N) is 2. The third-order valence-electron chi connectivity index (χ3n) is 3.01. The highest BCUT2D eigenvalue weighted by atomic mass is 32.1. The van der Waals surface area contributed by atoms with Crippen molar-refractivity contribution < 1.29 is 18.0 Å². The van der Waals surface area contributed by atoms with E-state index in [4.69, 9.17) is 0 Å². The molecule has 1 aromatic carbocycles. The maximum absolute atomic E-state index is 12.5. The van der Waals surface area contributed by atoms with Gasteiger partial charge >= 0.3 is 12.2 Å². The summed E-state index contributed by atoms with van der Waals surface area (Å²) >= 11 is 0.967. The van der Waals surface area contributed by atoms with Gasteiger partial charge in [-0.25, -0.2) is 4.79 Å². The Morgan fingerprint density at radius 1 is 1.04 bits per heavy atom. The Morgan fingerprint density at radius 3 is 2.44 bits per heavy atom. The molecule has 3 aromatic rings. The van der Waals surface area contributed by atoms with Gasteiger partial charge in [0, 0.05) is 23.4 Å². The number of carbonyl (C=O) groups excluding carboxylic acids is 1. The second-order valence-corrected chi connectivity index (χ2v) is 5.54. The third-order valence-corrected chi connectivity index (χ3v) is 3.64. The summed E-state index contributed by atoms with van der Waals surface area (Å²) in [6.45, 7) is 0. The number of halogens is 3. The number of carbonyl (C=O) groups is 1. The first-order valence-electron chi connectivity index (χ1n) is 6.92. The van der Waals surface area contributed by atoms with E-state index in [1.165, 1.54) is 12.1 Å². The van der Waals surface area contributed by atoms with Crippen molar-refractivity contribution in [3.63, 3.8) is 0 Å². The van der Waals surface area contributed by atoms with Crippen molar-refractivity contribution in [1.29, 1.82) is 0 Å². The lowest BCUT2D eigenvalue weighted by molar-refractivity contribution is -0.137. The molecule has 10 heteroatoms. The topological polar surface area (TPSA) is 79.8 Å². The van der Waals surface area contributed by atoms with Crippen LogP contribution < -0.4 is 10.6 Å². The Bertz CT molecular complexity index is 865. The molecule has 0 saturated heterocycles. The smallest absolute Gasteiger partial charge is 0.308 e. The molecule has 0 aliphatic heterocycles. The van der Waals surface area contributed by atoms with Crippen LogP contribution in [0.2, 0.25) is 0 Å². The van der Waals surface area contributed by atoms with Crippen LogP contribution in [0.1, 0.15) is 5.56 Å². The summed E-state index contributed by atoms with van der Waals surface area (Å²) in [7, 11) is 0.